The lowest BCUT2D eigenvalue weighted by molar-refractivity contribution is 0.0114. The first-order valence-electron chi connectivity index (χ1n) is 6.47. The molecule has 1 aliphatic heterocycles. The largest absolute Gasteiger partial charge is 0.444 e. The second-order valence-corrected chi connectivity index (χ2v) is 5.66. The predicted molar refractivity (Wildman–Crippen MR) is 69.4 cm³/mol. The lowest BCUT2D eigenvalue weighted by atomic mass is 10.2. The van der Waals surface area contributed by atoms with Crippen LogP contribution in [0.1, 0.15) is 20.8 Å². The van der Waals surface area contributed by atoms with Gasteiger partial charge in [0.15, 0.2) is 0 Å². The van der Waals surface area contributed by atoms with E-state index in [1.165, 1.54) is 6.33 Å². The Morgan fingerprint density at radius 3 is 2.47 bits per heavy atom. The Kier molecular flexibility index (Phi) is 4.04. The molecule has 2 rings (SSSR count). The fourth-order valence-electron chi connectivity index (χ4n) is 1.91. The Bertz CT molecular complexity index is 404. The summed E-state index contributed by atoms with van der Waals surface area (Å²) in [7, 11) is 0. The highest BCUT2D eigenvalue weighted by atomic mass is 16.6. The van der Waals surface area contributed by atoms with Gasteiger partial charge in [-0.05, 0) is 20.8 Å². The van der Waals surface area contributed by atoms with Gasteiger partial charge >= 0.3 is 6.09 Å². The lowest BCUT2D eigenvalue weighted by Gasteiger charge is -2.35. The fraction of sp³-hybridized carbons (Fsp3) is 0.750. The minimum absolute atomic E-state index is 0.229. The molecule has 7 heteroatoms. The zero-order valence-corrected chi connectivity index (χ0v) is 11.7. The molecule has 0 atom stereocenters. The minimum Gasteiger partial charge on any atom is -0.444 e. The zero-order valence-electron chi connectivity index (χ0n) is 11.7. The van der Waals surface area contributed by atoms with Crippen LogP contribution in [0.5, 0.6) is 0 Å². The number of nitrogens with zero attached hydrogens (tertiary/aromatic N) is 5. The molecule has 0 aliphatic carbocycles. The van der Waals surface area contributed by atoms with E-state index in [1.807, 2.05) is 20.8 Å². The van der Waals surface area contributed by atoms with Crippen LogP contribution in [0.15, 0.2) is 12.7 Å². The van der Waals surface area contributed by atoms with Crippen molar-refractivity contribution in [3.05, 3.63) is 12.7 Å². The molecule has 0 aromatic carbocycles. The van der Waals surface area contributed by atoms with Crippen LogP contribution < -0.4 is 0 Å². The van der Waals surface area contributed by atoms with Crippen LogP contribution in [0.25, 0.3) is 0 Å². The maximum absolute atomic E-state index is 11.9. The average molecular weight is 267 g/mol. The summed E-state index contributed by atoms with van der Waals surface area (Å²) in [4.78, 5) is 19.8. The fourth-order valence-corrected chi connectivity index (χ4v) is 1.91. The maximum atomic E-state index is 11.9. The predicted octanol–water partition coefficient (Wildman–Crippen LogP) is 0.788. The van der Waals surface area contributed by atoms with Crippen molar-refractivity contribution in [1.29, 1.82) is 0 Å². The summed E-state index contributed by atoms with van der Waals surface area (Å²) in [6.07, 6.45) is 2.99. The minimum atomic E-state index is -0.436. The zero-order chi connectivity index (χ0) is 13.9. The lowest BCUT2D eigenvalue weighted by Crippen LogP contribution is -2.50. The van der Waals surface area contributed by atoms with Gasteiger partial charge in [-0.2, -0.15) is 5.10 Å². The van der Waals surface area contributed by atoms with Crippen molar-refractivity contribution in [3.8, 4) is 0 Å². The number of hydrogen-bond acceptors (Lipinski definition) is 5. The van der Waals surface area contributed by atoms with Gasteiger partial charge in [-0.15, -0.1) is 0 Å². The third kappa shape index (κ3) is 4.20. The third-order valence-electron chi connectivity index (χ3n) is 2.84. The van der Waals surface area contributed by atoms with Crippen LogP contribution in [0, 0.1) is 0 Å². The molecule has 1 amide bonds. The molecule has 0 spiro atoms. The third-order valence-corrected chi connectivity index (χ3v) is 2.84. The average Bonchev–Trinajstić information content (AvgIpc) is 2.80. The summed E-state index contributed by atoms with van der Waals surface area (Å²) >= 11 is 0. The topological polar surface area (TPSA) is 63.5 Å². The van der Waals surface area contributed by atoms with Crippen molar-refractivity contribution in [1.82, 2.24) is 24.6 Å². The van der Waals surface area contributed by atoms with Crippen molar-refractivity contribution >= 4 is 6.09 Å². The smallest absolute Gasteiger partial charge is 0.410 e. The Morgan fingerprint density at radius 2 is 1.95 bits per heavy atom. The SMILES string of the molecule is CC(C)(C)OC(=O)N1CCN(Cn2cncn2)CC1. The molecule has 2 heterocycles. The Labute approximate surface area is 113 Å². The molecule has 7 nitrogen and oxygen atoms in total. The van der Waals surface area contributed by atoms with E-state index < -0.39 is 5.60 Å². The molecule has 1 aromatic rings. The van der Waals surface area contributed by atoms with Gasteiger partial charge in [0, 0.05) is 26.2 Å². The van der Waals surface area contributed by atoms with Crippen molar-refractivity contribution in [2.75, 3.05) is 26.2 Å². The molecule has 1 fully saturated rings. The summed E-state index contributed by atoms with van der Waals surface area (Å²) in [6, 6.07) is 0. The van der Waals surface area contributed by atoms with Crippen LogP contribution in [0.4, 0.5) is 4.79 Å². The molecule has 106 valence electrons. The molecule has 0 radical (unpaired) electrons. The van der Waals surface area contributed by atoms with Gasteiger partial charge in [0.1, 0.15) is 18.3 Å². The molecule has 1 aliphatic rings. The summed E-state index contributed by atoms with van der Waals surface area (Å²) in [5.74, 6) is 0. The van der Waals surface area contributed by atoms with Crippen LogP contribution in [0.3, 0.4) is 0 Å². The molecule has 0 N–H and O–H groups in total. The van der Waals surface area contributed by atoms with E-state index in [0.29, 0.717) is 19.8 Å². The first kappa shape index (κ1) is 13.8. The van der Waals surface area contributed by atoms with Crippen LogP contribution in [-0.2, 0) is 11.4 Å². The number of carbonyl (C=O) groups excluding carboxylic acids is 1. The maximum Gasteiger partial charge on any atom is 0.410 e. The van der Waals surface area contributed by atoms with Crippen LogP contribution >= 0.6 is 0 Å². The Morgan fingerprint density at radius 1 is 1.26 bits per heavy atom. The second-order valence-electron chi connectivity index (χ2n) is 5.66. The quantitative estimate of drug-likeness (QED) is 0.792. The Hall–Kier alpha value is -1.63. The molecule has 19 heavy (non-hydrogen) atoms. The summed E-state index contributed by atoms with van der Waals surface area (Å²) in [5.41, 5.74) is -0.436. The normalized spacial score (nSPS) is 17.5. The second kappa shape index (κ2) is 5.56. The first-order chi connectivity index (χ1) is 8.94. The molecule has 1 saturated heterocycles. The molecule has 1 aromatic heterocycles. The number of hydrogen-bond donors (Lipinski definition) is 0. The molecular formula is C12H21N5O2. The summed E-state index contributed by atoms with van der Waals surface area (Å²) in [5, 5.41) is 4.07. The molecule has 0 bridgehead atoms. The molecule has 0 unspecified atom stereocenters. The van der Waals surface area contributed by atoms with E-state index in [1.54, 1.807) is 15.9 Å². The van der Waals surface area contributed by atoms with Gasteiger partial charge < -0.3 is 9.64 Å². The standard InChI is InChI=1S/C12H21N5O2/c1-12(2,3)19-11(18)16-6-4-15(5-7-16)10-17-9-13-8-14-17/h8-9H,4-7,10H2,1-3H3. The number of piperazine rings is 1. The van der Waals surface area contributed by atoms with E-state index in [0.717, 1.165) is 13.1 Å². The summed E-state index contributed by atoms with van der Waals surface area (Å²) in [6.45, 7) is 9.36. The number of amides is 1. The van der Waals surface area contributed by atoms with E-state index >= 15 is 0 Å². The van der Waals surface area contributed by atoms with Crippen LogP contribution in [0.2, 0.25) is 0 Å². The monoisotopic (exact) mass is 267 g/mol. The van der Waals surface area contributed by atoms with Gasteiger partial charge in [0.2, 0.25) is 0 Å². The van der Waals surface area contributed by atoms with Crippen molar-refractivity contribution < 1.29 is 9.53 Å². The van der Waals surface area contributed by atoms with Crippen molar-refractivity contribution in [2.24, 2.45) is 0 Å². The van der Waals surface area contributed by atoms with Gasteiger partial charge in [0.25, 0.3) is 0 Å². The van der Waals surface area contributed by atoms with Gasteiger partial charge in [-0.1, -0.05) is 0 Å². The van der Waals surface area contributed by atoms with Crippen molar-refractivity contribution in [2.45, 2.75) is 33.0 Å². The number of carbonyl (C=O) groups is 1. The van der Waals surface area contributed by atoms with Gasteiger partial charge in [-0.25, -0.2) is 14.5 Å². The van der Waals surface area contributed by atoms with Gasteiger partial charge in [0.05, 0.1) is 6.67 Å². The highest BCUT2D eigenvalue weighted by molar-refractivity contribution is 5.68. The first-order valence-corrected chi connectivity index (χ1v) is 6.47. The van der Waals surface area contributed by atoms with E-state index in [4.69, 9.17) is 4.74 Å². The molecule has 0 saturated carbocycles. The van der Waals surface area contributed by atoms with E-state index in [2.05, 4.69) is 15.0 Å². The summed E-state index contributed by atoms with van der Waals surface area (Å²) < 4.78 is 7.14. The van der Waals surface area contributed by atoms with Crippen LogP contribution in [-0.4, -0.2) is 62.4 Å². The number of rotatable bonds is 2. The number of ether oxygens (including phenoxy) is 1. The van der Waals surface area contributed by atoms with E-state index in [9.17, 15) is 4.79 Å². The highest BCUT2D eigenvalue weighted by Gasteiger charge is 2.25. The Balaban J connectivity index is 1.77. The number of aromatic nitrogens is 3. The van der Waals surface area contributed by atoms with E-state index in [-0.39, 0.29) is 6.09 Å². The van der Waals surface area contributed by atoms with Crippen molar-refractivity contribution in [3.63, 3.8) is 0 Å². The molecular weight excluding hydrogens is 246 g/mol. The van der Waals surface area contributed by atoms with Gasteiger partial charge in [-0.3, -0.25) is 4.90 Å². The highest BCUT2D eigenvalue weighted by Crippen LogP contribution is 2.11.